The van der Waals surface area contributed by atoms with E-state index >= 15 is 0 Å². The van der Waals surface area contributed by atoms with Crippen LogP contribution in [0.15, 0.2) is 53.0 Å². The van der Waals surface area contributed by atoms with Crippen LogP contribution in [-0.4, -0.2) is 47.8 Å². The van der Waals surface area contributed by atoms with Gasteiger partial charge in [0.25, 0.3) is 5.91 Å². The lowest BCUT2D eigenvalue weighted by molar-refractivity contribution is -0.133. The predicted octanol–water partition coefficient (Wildman–Crippen LogP) is 4.15. The number of amides is 2. The standard InChI is InChI=1S/C22H26BrN3O2/c1-2-5-21(27)26-12-10-25(11-13-26)16-17-6-3-7-18(14-17)22(28)24-20-9-4-8-19(23)15-20/h3-4,6-9,14-15H,2,5,10-13,16H2,1H3,(H,24,28). The molecule has 148 valence electrons. The van der Waals surface area contributed by atoms with E-state index in [1.54, 1.807) is 0 Å². The molecular weight excluding hydrogens is 418 g/mol. The molecule has 0 aromatic heterocycles. The van der Waals surface area contributed by atoms with Gasteiger partial charge in [-0.15, -0.1) is 0 Å². The number of piperazine rings is 1. The Morgan fingerprint density at radius 2 is 1.79 bits per heavy atom. The third-order valence-electron chi connectivity index (χ3n) is 4.87. The van der Waals surface area contributed by atoms with Crippen LogP contribution in [0.5, 0.6) is 0 Å². The van der Waals surface area contributed by atoms with E-state index in [1.165, 1.54) is 0 Å². The number of benzene rings is 2. The molecule has 2 aromatic rings. The Hall–Kier alpha value is -2.18. The maximum atomic E-state index is 12.6. The zero-order valence-corrected chi connectivity index (χ0v) is 17.7. The minimum atomic E-state index is -0.116. The zero-order chi connectivity index (χ0) is 19.9. The molecule has 3 rings (SSSR count). The monoisotopic (exact) mass is 443 g/mol. The van der Waals surface area contributed by atoms with Crippen molar-refractivity contribution in [3.05, 3.63) is 64.1 Å². The van der Waals surface area contributed by atoms with Crippen LogP contribution in [0.4, 0.5) is 5.69 Å². The first kappa shape index (κ1) is 20.6. The quantitative estimate of drug-likeness (QED) is 0.729. The number of carbonyl (C=O) groups excluding carboxylic acids is 2. The van der Waals surface area contributed by atoms with E-state index in [2.05, 4.69) is 26.1 Å². The molecule has 2 aromatic carbocycles. The Bertz CT molecular complexity index is 832. The summed E-state index contributed by atoms with van der Waals surface area (Å²) in [6.45, 7) is 6.11. The van der Waals surface area contributed by atoms with Crippen molar-refractivity contribution in [2.45, 2.75) is 26.3 Å². The van der Waals surface area contributed by atoms with Gasteiger partial charge >= 0.3 is 0 Å². The summed E-state index contributed by atoms with van der Waals surface area (Å²) >= 11 is 3.42. The average Bonchev–Trinajstić information content (AvgIpc) is 2.69. The summed E-state index contributed by atoms with van der Waals surface area (Å²) in [5.74, 6) is 0.142. The Morgan fingerprint density at radius 3 is 2.50 bits per heavy atom. The van der Waals surface area contributed by atoms with E-state index in [4.69, 9.17) is 0 Å². The molecule has 0 spiro atoms. The molecule has 0 atom stereocenters. The smallest absolute Gasteiger partial charge is 0.255 e. The molecule has 1 fully saturated rings. The van der Waals surface area contributed by atoms with Gasteiger partial charge in [-0.2, -0.15) is 0 Å². The molecule has 0 bridgehead atoms. The van der Waals surface area contributed by atoms with E-state index in [-0.39, 0.29) is 11.8 Å². The summed E-state index contributed by atoms with van der Waals surface area (Å²) in [7, 11) is 0. The number of rotatable bonds is 6. The number of carbonyl (C=O) groups is 2. The topological polar surface area (TPSA) is 52.7 Å². The van der Waals surface area contributed by atoms with Gasteiger partial charge in [0, 0.05) is 54.9 Å². The number of nitrogens with one attached hydrogen (secondary N) is 1. The van der Waals surface area contributed by atoms with Crippen LogP contribution in [0.2, 0.25) is 0 Å². The molecule has 1 saturated heterocycles. The highest BCUT2D eigenvalue weighted by Gasteiger charge is 2.20. The Balaban J connectivity index is 1.56. The predicted molar refractivity (Wildman–Crippen MR) is 115 cm³/mol. The van der Waals surface area contributed by atoms with Crippen LogP contribution in [0.1, 0.15) is 35.7 Å². The molecule has 0 aliphatic carbocycles. The van der Waals surface area contributed by atoms with E-state index < -0.39 is 0 Å². The van der Waals surface area contributed by atoms with Crippen molar-refractivity contribution in [1.29, 1.82) is 0 Å². The van der Waals surface area contributed by atoms with Gasteiger partial charge in [0.2, 0.25) is 5.91 Å². The van der Waals surface area contributed by atoms with Crippen LogP contribution in [0, 0.1) is 0 Å². The summed E-state index contributed by atoms with van der Waals surface area (Å²) in [5.41, 5.74) is 2.52. The third kappa shape index (κ3) is 5.66. The molecule has 28 heavy (non-hydrogen) atoms. The van der Waals surface area contributed by atoms with E-state index in [0.29, 0.717) is 12.0 Å². The van der Waals surface area contributed by atoms with Crippen molar-refractivity contribution in [2.24, 2.45) is 0 Å². The minimum Gasteiger partial charge on any atom is -0.340 e. The molecule has 5 nitrogen and oxygen atoms in total. The molecule has 1 aliphatic heterocycles. The largest absolute Gasteiger partial charge is 0.340 e. The normalized spacial score (nSPS) is 14.7. The number of nitrogens with zero attached hydrogens (tertiary/aromatic N) is 2. The van der Waals surface area contributed by atoms with Crippen molar-refractivity contribution < 1.29 is 9.59 Å². The Kier molecular flexibility index (Phi) is 7.23. The van der Waals surface area contributed by atoms with E-state index in [0.717, 1.165) is 54.9 Å². The fourth-order valence-electron chi connectivity index (χ4n) is 3.37. The summed E-state index contributed by atoms with van der Waals surface area (Å²) < 4.78 is 0.926. The number of hydrogen-bond donors (Lipinski definition) is 1. The average molecular weight is 444 g/mol. The highest BCUT2D eigenvalue weighted by Crippen LogP contribution is 2.17. The summed E-state index contributed by atoms with van der Waals surface area (Å²) in [6.07, 6.45) is 1.53. The first-order valence-electron chi connectivity index (χ1n) is 9.71. The fourth-order valence-corrected chi connectivity index (χ4v) is 3.77. The van der Waals surface area contributed by atoms with E-state index in [9.17, 15) is 9.59 Å². The lowest BCUT2D eigenvalue weighted by atomic mass is 10.1. The van der Waals surface area contributed by atoms with Crippen molar-refractivity contribution in [1.82, 2.24) is 9.80 Å². The highest BCUT2D eigenvalue weighted by molar-refractivity contribution is 9.10. The maximum absolute atomic E-state index is 12.6. The summed E-state index contributed by atoms with van der Waals surface area (Å²) in [4.78, 5) is 28.9. The molecular formula is C22H26BrN3O2. The second kappa shape index (κ2) is 9.85. The molecule has 2 amide bonds. The van der Waals surface area contributed by atoms with Gasteiger partial charge in [-0.3, -0.25) is 14.5 Å². The van der Waals surface area contributed by atoms with Gasteiger partial charge in [0.1, 0.15) is 0 Å². The van der Waals surface area contributed by atoms with Crippen molar-refractivity contribution >= 4 is 33.4 Å². The SMILES string of the molecule is CCCC(=O)N1CCN(Cc2cccc(C(=O)Nc3cccc(Br)c3)c2)CC1. The van der Waals surface area contributed by atoms with Gasteiger partial charge in [0.15, 0.2) is 0 Å². The minimum absolute atomic E-state index is 0.116. The van der Waals surface area contributed by atoms with Gasteiger partial charge in [-0.1, -0.05) is 41.1 Å². The van der Waals surface area contributed by atoms with Crippen LogP contribution >= 0.6 is 15.9 Å². The molecule has 0 unspecified atom stereocenters. The summed E-state index contributed by atoms with van der Waals surface area (Å²) in [6, 6.07) is 15.3. The first-order valence-corrected chi connectivity index (χ1v) is 10.5. The lowest BCUT2D eigenvalue weighted by Gasteiger charge is -2.34. The Morgan fingerprint density at radius 1 is 1.04 bits per heavy atom. The molecule has 1 aliphatic rings. The van der Waals surface area contributed by atoms with Crippen molar-refractivity contribution in [3.8, 4) is 0 Å². The van der Waals surface area contributed by atoms with Gasteiger partial charge in [0.05, 0.1) is 0 Å². The van der Waals surface area contributed by atoms with E-state index in [1.807, 2.05) is 60.4 Å². The zero-order valence-electron chi connectivity index (χ0n) is 16.2. The molecule has 6 heteroatoms. The third-order valence-corrected chi connectivity index (χ3v) is 5.36. The maximum Gasteiger partial charge on any atom is 0.255 e. The molecule has 0 saturated carbocycles. The Labute approximate surface area is 174 Å². The number of anilines is 1. The van der Waals surface area contributed by atoms with Gasteiger partial charge in [-0.25, -0.2) is 0 Å². The van der Waals surface area contributed by atoms with Crippen LogP contribution in [-0.2, 0) is 11.3 Å². The fraction of sp³-hybridized carbons (Fsp3) is 0.364. The van der Waals surface area contributed by atoms with Crippen LogP contribution < -0.4 is 5.32 Å². The van der Waals surface area contributed by atoms with Crippen LogP contribution in [0.25, 0.3) is 0 Å². The lowest BCUT2D eigenvalue weighted by Crippen LogP contribution is -2.48. The molecule has 0 radical (unpaired) electrons. The van der Waals surface area contributed by atoms with Crippen molar-refractivity contribution in [3.63, 3.8) is 0 Å². The van der Waals surface area contributed by atoms with Crippen LogP contribution in [0.3, 0.4) is 0 Å². The number of halogens is 1. The molecule has 1 heterocycles. The highest BCUT2D eigenvalue weighted by atomic mass is 79.9. The summed E-state index contributed by atoms with van der Waals surface area (Å²) in [5, 5.41) is 2.93. The van der Waals surface area contributed by atoms with Gasteiger partial charge in [-0.05, 0) is 42.3 Å². The van der Waals surface area contributed by atoms with Gasteiger partial charge < -0.3 is 10.2 Å². The first-order chi connectivity index (χ1) is 13.5. The van der Waals surface area contributed by atoms with Crippen molar-refractivity contribution in [2.75, 3.05) is 31.5 Å². The number of hydrogen-bond acceptors (Lipinski definition) is 3. The molecule has 1 N–H and O–H groups in total. The second-order valence-corrected chi connectivity index (χ2v) is 7.99. The second-order valence-electron chi connectivity index (χ2n) is 7.07.